The zero-order valence-corrected chi connectivity index (χ0v) is 22.6. The van der Waals surface area contributed by atoms with Crippen molar-refractivity contribution in [3.05, 3.63) is 41.7 Å². The van der Waals surface area contributed by atoms with Gasteiger partial charge in [0.25, 0.3) is 0 Å². The van der Waals surface area contributed by atoms with Crippen LogP contribution in [0.2, 0.25) is 0 Å². The fourth-order valence-corrected chi connectivity index (χ4v) is 5.47. The van der Waals surface area contributed by atoms with Crippen LogP contribution in [0.3, 0.4) is 0 Å². The van der Waals surface area contributed by atoms with Crippen LogP contribution in [0, 0.1) is 6.92 Å². The molecule has 0 amide bonds. The summed E-state index contributed by atoms with van der Waals surface area (Å²) in [7, 11) is -0.737. The first-order valence-corrected chi connectivity index (χ1v) is 13.6. The predicted molar refractivity (Wildman–Crippen MR) is 134 cm³/mol. The summed E-state index contributed by atoms with van der Waals surface area (Å²) < 4.78 is 51.8. The van der Waals surface area contributed by atoms with Crippen molar-refractivity contribution in [3.8, 4) is 23.1 Å². The van der Waals surface area contributed by atoms with Gasteiger partial charge >= 0.3 is 0 Å². The smallest absolute Gasteiger partial charge is 0.213 e. The number of pyridine rings is 1. The number of ether oxygens (including phenoxy) is 4. The van der Waals surface area contributed by atoms with Gasteiger partial charge in [-0.2, -0.15) is 0 Å². The molecule has 0 saturated carbocycles. The van der Waals surface area contributed by atoms with Gasteiger partial charge in [-0.15, -0.1) is 10.2 Å². The molecule has 0 fully saturated rings. The standard InChI is InChI=1S/C24H32N6O6S/c1-14(2)36-22(23-25-9-15(3)10-26-23)16(4)37(31,32)13-19-28-29-24-21-18(7-8-20(27-21)34-6)35-12-17(11-33-5)30(19)24/h7-10,14,16-17,22H,11-13H2,1-6H3/t16-,17+,22+/m0/s1. The molecule has 0 saturated heterocycles. The van der Waals surface area contributed by atoms with E-state index in [-0.39, 0.29) is 36.9 Å². The van der Waals surface area contributed by atoms with Gasteiger partial charge in [0.15, 0.2) is 27.2 Å². The first-order chi connectivity index (χ1) is 17.6. The number of hydrogen-bond donors (Lipinski definition) is 0. The highest BCUT2D eigenvalue weighted by Gasteiger charge is 2.37. The fourth-order valence-electron chi connectivity index (χ4n) is 4.09. The predicted octanol–water partition coefficient (Wildman–Crippen LogP) is 2.50. The Morgan fingerprint density at radius 2 is 1.86 bits per heavy atom. The summed E-state index contributed by atoms with van der Waals surface area (Å²) in [5.41, 5.74) is 1.28. The van der Waals surface area contributed by atoms with E-state index in [0.29, 0.717) is 29.0 Å². The molecule has 0 N–H and O–H groups in total. The quantitative estimate of drug-likeness (QED) is 0.380. The topological polar surface area (TPSA) is 140 Å². The first-order valence-electron chi connectivity index (χ1n) is 11.9. The Kier molecular flexibility index (Phi) is 8.05. The molecule has 37 heavy (non-hydrogen) atoms. The molecule has 4 rings (SSSR count). The molecule has 3 atom stereocenters. The van der Waals surface area contributed by atoms with E-state index in [9.17, 15) is 8.42 Å². The molecule has 0 aromatic carbocycles. The Hall–Kier alpha value is -3.16. The number of rotatable bonds is 10. The number of methoxy groups -OCH3 is 2. The summed E-state index contributed by atoms with van der Waals surface area (Å²) in [5, 5.41) is 7.62. The van der Waals surface area contributed by atoms with Crippen LogP contribution in [0.25, 0.3) is 11.5 Å². The van der Waals surface area contributed by atoms with Crippen molar-refractivity contribution in [2.75, 3.05) is 27.4 Å². The van der Waals surface area contributed by atoms with Crippen molar-refractivity contribution in [2.45, 2.75) is 56.9 Å². The Labute approximate surface area is 216 Å². The Balaban J connectivity index is 1.72. The van der Waals surface area contributed by atoms with Crippen molar-refractivity contribution >= 4 is 9.84 Å². The van der Waals surface area contributed by atoms with Crippen LogP contribution >= 0.6 is 0 Å². The Bertz CT molecular complexity index is 1330. The lowest BCUT2D eigenvalue weighted by Crippen LogP contribution is -2.32. The van der Waals surface area contributed by atoms with E-state index in [1.165, 1.54) is 7.11 Å². The van der Waals surface area contributed by atoms with E-state index in [4.69, 9.17) is 18.9 Å². The minimum Gasteiger partial charge on any atom is -0.489 e. The number of sulfone groups is 1. The Morgan fingerprint density at radius 1 is 1.14 bits per heavy atom. The number of hydrogen-bond acceptors (Lipinski definition) is 11. The summed E-state index contributed by atoms with van der Waals surface area (Å²) in [4.78, 5) is 13.2. The van der Waals surface area contributed by atoms with Gasteiger partial charge in [-0.05, 0) is 39.3 Å². The molecule has 0 radical (unpaired) electrons. The lowest BCUT2D eigenvalue weighted by molar-refractivity contribution is 0.00140. The van der Waals surface area contributed by atoms with Gasteiger partial charge in [0, 0.05) is 25.6 Å². The lowest BCUT2D eigenvalue weighted by atomic mass is 10.2. The van der Waals surface area contributed by atoms with Crippen molar-refractivity contribution in [2.24, 2.45) is 0 Å². The molecular weight excluding hydrogens is 500 g/mol. The number of aromatic nitrogens is 6. The highest BCUT2D eigenvalue weighted by atomic mass is 32.2. The van der Waals surface area contributed by atoms with Gasteiger partial charge in [0.1, 0.15) is 30.0 Å². The van der Waals surface area contributed by atoms with E-state index in [2.05, 4.69) is 25.1 Å². The molecular formula is C24H32N6O6S. The minimum absolute atomic E-state index is 0.221. The van der Waals surface area contributed by atoms with Crippen LogP contribution < -0.4 is 9.47 Å². The minimum atomic E-state index is -3.82. The van der Waals surface area contributed by atoms with Gasteiger partial charge in [0.2, 0.25) is 5.88 Å². The van der Waals surface area contributed by atoms with Crippen LogP contribution in [0.15, 0.2) is 24.5 Å². The summed E-state index contributed by atoms with van der Waals surface area (Å²) in [5.74, 6) is 1.42. The second kappa shape index (κ2) is 11.1. The summed E-state index contributed by atoms with van der Waals surface area (Å²) in [6.45, 7) is 7.62. The van der Waals surface area contributed by atoms with E-state index in [1.807, 2.05) is 20.8 Å². The molecule has 1 aliphatic heterocycles. The van der Waals surface area contributed by atoms with Gasteiger partial charge in [-0.3, -0.25) is 4.57 Å². The summed E-state index contributed by atoms with van der Waals surface area (Å²) in [6.07, 6.45) is 2.19. The third kappa shape index (κ3) is 5.73. The maximum absolute atomic E-state index is 13.7. The second-order valence-electron chi connectivity index (χ2n) is 9.17. The monoisotopic (exact) mass is 532 g/mol. The normalized spacial score (nSPS) is 16.9. The first kappa shape index (κ1) is 26.9. The lowest BCUT2D eigenvalue weighted by Gasteiger charge is -2.25. The zero-order valence-electron chi connectivity index (χ0n) is 21.8. The Morgan fingerprint density at radius 3 is 2.51 bits per heavy atom. The third-order valence-corrected chi connectivity index (χ3v) is 8.01. The van der Waals surface area contributed by atoms with Crippen LogP contribution in [0.4, 0.5) is 0 Å². The molecule has 1 aliphatic rings. The summed E-state index contributed by atoms with van der Waals surface area (Å²) in [6, 6.07) is 3.05. The van der Waals surface area contributed by atoms with Crippen LogP contribution in [0.1, 0.15) is 50.1 Å². The molecule has 200 valence electrons. The number of nitrogens with zero attached hydrogens (tertiary/aromatic N) is 6. The third-order valence-electron chi connectivity index (χ3n) is 5.97. The molecule has 0 aliphatic carbocycles. The maximum atomic E-state index is 13.7. The number of fused-ring (bicyclic) bond motifs is 3. The van der Waals surface area contributed by atoms with Gasteiger partial charge in [0.05, 0.1) is 31.1 Å². The van der Waals surface area contributed by atoms with Crippen molar-refractivity contribution in [1.29, 1.82) is 0 Å². The van der Waals surface area contributed by atoms with Gasteiger partial charge in [-0.25, -0.2) is 23.4 Å². The SMILES string of the molecule is COC[C@@H]1COc2ccc(OC)nc2-c2nnc(CS(=O)(=O)[C@@H](C)[C@@H](OC(C)C)c3ncc(C)cn3)n21. The molecule has 12 nitrogen and oxygen atoms in total. The molecule has 0 unspecified atom stereocenters. The van der Waals surface area contributed by atoms with E-state index in [0.717, 1.165) is 5.56 Å². The average Bonchev–Trinajstić information content (AvgIpc) is 3.20. The van der Waals surface area contributed by atoms with E-state index >= 15 is 0 Å². The summed E-state index contributed by atoms with van der Waals surface area (Å²) >= 11 is 0. The van der Waals surface area contributed by atoms with Gasteiger partial charge in [-0.1, -0.05) is 0 Å². The maximum Gasteiger partial charge on any atom is 0.213 e. The van der Waals surface area contributed by atoms with E-state index < -0.39 is 21.2 Å². The highest BCUT2D eigenvalue weighted by molar-refractivity contribution is 7.91. The van der Waals surface area contributed by atoms with Crippen LogP contribution in [-0.4, -0.2) is 76.9 Å². The van der Waals surface area contributed by atoms with E-state index in [1.54, 1.807) is 43.1 Å². The largest absolute Gasteiger partial charge is 0.489 e. The van der Waals surface area contributed by atoms with Crippen LogP contribution in [0.5, 0.6) is 11.6 Å². The zero-order chi connectivity index (χ0) is 26.7. The molecule has 3 aromatic heterocycles. The molecule has 3 aromatic rings. The molecule has 4 heterocycles. The second-order valence-corrected chi connectivity index (χ2v) is 11.5. The van der Waals surface area contributed by atoms with Crippen molar-refractivity contribution in [3.63, 3.8) is 0 Å². The average molecular weight is 533 g/mol. The van der Waals surface area contributed by atoms with Crippen molar-refractivity contribution < 1.29 is 27.4 Å². The van der Waals surface area contributed by atoms with Crippen LogP contribution in [-0.2, 0) is 25.1 Å². The molecule has 0 spiro atoms. The number of aryl methyl sites for hydroxylation is 1. The molecule has 13 heteroatoms. The van der Waals surface area contributed by atoms with Crippen molar-refractivity contribution in [1.82, 2.24) is 29.7 Å². The highest BCUT2D eigenvalue weighted by Crippen LogP contribution is 2.36. The van der Waals surface area contributed by atoms with Gasteiger partial charge < -0.3 is 18.9 Å². The fraction of sp³-hybridized carbons (Fsp3) is 0.542. The molecule has 0 bridgehead atoms.